The Morgan fingerprint density at radius 2 is 1.70 bits per heavy atom. The van der Waals surface area contributed by atoms with Gasteiger partial charge in [0.15, 0.2) is 0 Å². The molecule has 0 aliphatic heterocycles. The summed E-state index contributed by atoms with van der Waals surface area (Å²) in [7, 11) is 3.49. The lowest BCUT2D eigenvalue weighted by atomic mass is 10.2. The highest BCUT2D eigenvalue weighted by Gasteiger charge is 2.08. The van der Waals surface area contributed by atoms with Gasteiger partial charge in [0.05, 0.1) is 11.0 Å². The Kier molecular flexibility index (Phi) is 3.89. The standard InChI is InChI=1S/C17H18N4O2/c1-20-14-9-8-12(10-15(14)21(2)17(20)23)11-18-16(22)19-13-6-4-3-5-7-13/h3-10H,11H2,1-2H3,(H2,18,19,22). The molecule has 0 aliphatic rings. The SMILES string of the molecule is Cn1c(=O)n(C)c2cc(CNC(=O)Nc3ccccc3)ccc21. The summed E-state index contributed by atoms with van der Waals surface area (Å²) in [6.45, 7) is 0.387. The van der Waals surface area contributed by atoms with E-state index in [1.165, 1.54) is 0 Å². The molecule has 0 unspecified atom stereocenters. The van der Waals surface area contributed by atoms with Gasteiger partial charge in [-0.2, -0.15) is 0 Å². The number of benzene rings is 2. The number of urea groups is 1. The Labute approximate surface area is 133 Å². The number of amides is 2. The molecular formula is C17H18N4O2. The van der Waals surface area contributed by atoms with Gasteiger partial charge in [0.2, 0.25) is 0 Å². The number of anilines is 1. The molecule has 6 nitrogen and oxygen atoms in total. The average Bonchev–Trinajstić information content (AvgIpc) is 2.78. The van der Waals surface area contributed by atoms with Crippen molar-refractivity contribution in [3.8, 4) is 0 Å². The summed E-state index contributed by atoms with van der Waals surface area (Å²) >= 11 is 0. The van der Waals surface area contributed by atoms with E-state index in [-0.39, 0.29) is 11.7 Å². The van der Waals surface area contributed by atoms with Gasteiger partial charge in [-0.1, -0.05) is 24.3 Å². The van der Waals surface area contributed by atoms with Crippen molar-refractivity contribution in [1.29, 1.82) is 0 Å². The van der Waals surface area contributed by atoms with Crippen molar-refractivity contribution in [2.24, 2.45) is 14.1 Å². The predicted octanol–water partition coefficient (Wildman–Crippen LogP) is 2.20. The summed E-state index contributed by atoms with van der Waals surface area (Å²) in [4.78, 5) is 23.8. The predicted molar refractivity (Wildman–Crippen MR) is 90.5 cm³/mol. The minimum Gasteiger partial charge on any atom is -0.334 e. The minimum atomic E-state index is -0.266. The molecule has 118 valence electrons. The van der Waals surface area contributed by atoms with Crippen LogP contribution in [0, 0.1) is 0 Å². The second-order valence-electron chi connectivity index (χ2n) is 5.40. The third-order valence-electron chi connectivity index (χ3n) is 3.82. The fraction of sp³-hybridized carbons (Fsp3) is 0.176. The molecule has 3 rings (SSSR count). The third kappa shape index (κ3) is 2.96. The van der Waals surface area contributed by atoms with Crippen LogP contribution in [0.15, 0.2) is 53.3 Å². The van der Waals surface area contributed by atoms with Crippen molar-refractivity contribution in [3.63, 3.8) is 0 Å². The van der Waals surface area contributed by atoms with E-state index in [0.29, 0.717) is 6.54 Å². The van der Waals surface area contributed by atoms with E-state index in [0.717, 1.165) is 22.3 Å². The highest BCUT2D eigenvalue weighted by molar-refractivity contribution is 5.89. The van der Waals surface area contributed by atoms with Crippen molar-refractivity contribution >= 4 is 22.8 Å². The topological polar surface area (TPSA) is 68.1 Å². The molecule has 2 amide bonds. The quantitative estimate of drug-likeness (QED) is 0.779. The zero-order valence-electron chi connectivity index (χ0n) is 13.0. The first kappa shape index (κ1) is 14.9. The highest BCUT2D eigenvalue weighted by Crippen LogP contribution is 2.14. The van der Waals surface area contributed by atoms with Gasteiger partial charge in [-0.3, -0.25) is 9.13 Å². The number of aromatic nitrogens is 2. The number of hydrogen-bond acceptors (Lipinski definition) is 2. The maximum atomic E-state index is 11.9. The minimum absolute atomic E-state index is 0.0630. The number of imidazole rings is 1. The smallest absolute Gasteiger partial charge is 0.328 e. The summed E-state index contributed by atoms with van der Waals surface area (Å²) < 4.78 is 3.21. The van der Waals surface area contributed by atoms with Gasteiger partial charge < -0.3 is 10.6 Å². The molecule has 0 bridgehead atoms. The maximum absolute atomic E-state index is 11.9. The Hall–Kier alpha value is -3.02. The second-order valence-corrected chi connectivity index (χ2v) is 5.40. The first-order chi connectivity index (χ1) is 11.1. The lowest BCUT2D eigenvalue weighted by molar-refractivity contribution is 0.251. The molecule has 23 heavy (non-hydrogen) atoms. The lowest BCUT2D eigenvalue weighted by Gasteiger charge is -2.08. The summed E-state index contributed by atoms with van der Waals surface area (Å²) in [5.41, 5.74) is 3.33. The number of hydrogen-bond donors (Lipinski definition) is 2. The maximum Gasteiger partial charge on any atom is 0.328 e. The highest BCUT2D eigenvalue weighted by atomic mass is 16.2. The molecule has 0 fully saturated rings. The first-order valence-electron chi connectivity index (χ1n) is 7.30. The van der Waals surface area contributed by atoms with Gasteiger partial charge in [-0.25, -0.2) is 9.59 Å². The molecule has 0 aliphatic carbocycles. The molecule has 2 N–H and O–H groups in total. The van der Waals surface area contributed by atoms with Crippen molar-refractivity contribution in [2.75, 3.05) is 5.32 Å². The molecule has 6 heteroatoms. The zero-order chi connectivity index (χ0) is 16.4. The van der Waals surface area contributed by atoms with Gasteiger partial charge in [0.25, 0.3) is 0 Å². The van der Waals surface area contributed by atoms with Crippen LogP contribution in [-0.2, 0) is 20.6 Å². The number of para-hydroxylation sites is 1. The Morgan fingerprint density at radius 3 is 2.43 bits per heavy atom. The van der Waals surface area contributed by atoms with Gasteiger partial charge >= 0.3 is 11.7 Å². The third-order valence-corrected chi connectivity index (χ3v) is 3.82. The van der Waals surface area contributed by atoms with Gasteiger partial charge in [0.1, 0.15) is 0 Å². The molecule has 0 spiro atoms. The molecule has 0 atom stereocenters. The Bertz CT molecular complexity index is 909. The van der Waals surface area contributed by atoms with Gasteiger partial charge in [0, 0.05) is 26.3 Å². The molecule has 2 aromatic carbocycles. The number of fused-ring (bicyclic) bond motifs is 1. The molecule has 0 saturated carbocycles. The van der Waals surface area contributed by atoms with Crippen molar-refractivity contribution in [3.05, 3.63) is 64.6 Å². The zero-order valence-corrected chi connectivity index (χ0v) is 13.0. The van der Waals surface area contributed by atoms with Crippen molar-refractivity contribution in [2.45, 2.75) is 6.54 Å². The van der Waals surface area contributed by atoms with Crippen LogP contribution >= 0.6 is 0 Å². The molecule has 1 heterocycles. The number of carbonyl (C=O) groups is 1. The molecular weight excluding hydrogens is 292 g/mol. The van der Waals surface area contributed by atoms with Crippen LogP contribution in [0.2, 0.25) is 0 Å². The van der Waals surface area contributed by atoms with Crippen LogP contribution in [0.4, 0.5) is 10.5 Å². The van der Waals surface area contributed by atoms with Crippen LogP contribution in [0.3, 0.4) is 0 Å². The summed E-state index contributed by atoms with van der Waals surface area (Å²) in [6.07, 6.45) is 0. The number of rotatable bonds is 3. The van der Waals surface area contributed by atoms with Crippen LogP contribution in [0.5, 0.6) is 0 Å². The number of carbonyl (C=O) groups excluding carboxylic acids is 1. The van der Waals surface area contributed by atoms with E-state index >= 15 is 0 Å². The summed E-state index contributed by atoms with van der Waals surface area (Å²) in [5, 5.41) is 5.57. The van der Waals surface area contributed by atoms with E-state index in [4.69, 9.17) is 0 Å². The van der Waals surface area contributed by atoms with Crippen molar-refractivity contribution < 1.29 is 4.79 Å². The summed E-state index contributed by atoms with van der Waals surface area (Å²) in [5.74, 6) is 0. The number of nitrogens with one attached hydrogen (secondary N) is 2. The van der Waals surface area contributed by atoms with E-state index in [1.807, 2.05) is 48.5 Å². The van der Waals surface area contributed by atoms with E-state index in [1.54, 1.807) is 23.2 Å². The monoisotopic (exact) mass is 310 g/mol. The first-order valence-corrected chi connectivity index (χ1v) is 7.30. The van der Waals surface area contributed by atoms with Crippen molar-refractivity contribution in [1.82, 2.24) is 14.5 Å². The fourth-order valence-corrected chi connectivity index (χ4v) is 2.54. The Morgan fingerprint density at radius 1 is 1.00 bits per heavy atom. The van der Waals surface area contributed by atoms with E-state index < -0.39 is 0 Å². The molecule has 3 aromatic rings. The fourth-order valence-electron chi connectivity index (χ4n) is 2.54. The van der Waals surface area contributed by atoms with E-state index in [9.17, 15) is 9.59 Å². The van der Waals surface area contributed by atoms with Gasteiger partial charge in [-0.05, 0) is 29.8 Å². The van der Waals surface area contributed by atoms with Crippen LogP contribution in [-0.4, -0.2) is 15.2 Å². The van der Waals surface area contributed by atoms with Crippen LogP contribution < -0.4 is 16.3 Å². The molecule has 0 radical (unpaired) electrons. The largest absolute Gasteiger partial charge is 0.334 e. The number of aryl methyl sites for hydroxylation is 2. The van der Waals surface area contributed by atoms with Crippen LogP contribution in [0.25, 0.3) is 11.0 Å². The van der Waals surface area contributed by atoms with Gasteiger partial charge in [-0.15, -0.1) is 0 Å². The van der Waals surface area contributed by atoms with E-state index in [2.05, 4.69) is 10.6 Å². The number of nitrogens with zero attached hydrogens (tertiary/aromatic N) is 2. The molecule has 0 saturated heterocycles. The normalized spacial score (nSPS) is 10.7. The average molecular weight is 310 g/mol. The summed E-state index contributed by atoms with van der Waals surface area (Å²) in [6, 6.07) is 14.7. The second kappa shape index (κ2) is 6.00. The molecule has 1 aromatic heterocycles. The lowest BCUT2D eigenvalue weighted by Crippen LogP contribution is -2.28. The Balaban J connectivity index is 1.71. The van der Waals surface area contributed by atoms with Crippen LogP contribution in [0.1, 0.15) is 5.56 Å².